The normalized spacial score (nSPS) is 13.5. The van der Waals surface area contributed by atoms with Gasteiger partial charge in [0, 0.05) is 37.5 Å². The summed E-state index contributed by atoms with van der Waals surface area (Å²) in [4.78, 5) is 30.1. The second kappa shape index (κ2) is 16.9. The van der Waals surface area contributed by atoms with E-state index in [1.165, 1.54) is 12.1 Å². The number of sulfone groups is 1. The molecule has 3 aromatic rings. The molecule has 10 nitrogen and oxygen atoms in total. The van der Waals surface area contributed by atoms with E-state index in [0.29, 0.717) is 19.4 Å². The molecule has 0 fully saturated rings. The van der Waals surface area contributed by atoms with Crippen LogP contribution in [0.5, 0.6) is 5.88 Å². The zero-order valence-electron chi connectivity index (χ0n) is 25.3. The lowest BCUT2D eigenvalue weighted by Crippen LogP contribution is -2.51. The lowest BCUT2D eigenvalue weighted by molar-refractivity contribution is -0.151. The molecule has 0 radical (unpaired) electrons. The number of amides is 1. The monoisotopic (exact) mass is 646 g/mol. The van der Waals surface area contributed by atoms with Crippen LogP contribution in [0.1, 0.15) is 53.7 Å². The van der Waals surface area contributed by atoms with Crippen molar-refractivity contribution >= 4 is 21.7 Å². The summed E-state index contributed by atoms with van der Waals surface area (Å²) >= 11 is 0. The Morgan fingerprint density at radius 2 is 1.73 bits per heavy atom. The summed E-state index contributed by atoms with van der Waals surface area (Å²) in [5, 5.41) is 15.1. The number of ether oxygens (including phenoxy) is 1. The molecule has 0 spiro atoms. The van der Waals surface area contributed by atoms with Crippen molar-refractivity contribution in [2.75, 3.05) is 18.1 Å². The Balaban J connectivity index is 1.84. The zero-order chi connectivity index (χ0) is 33.0. The number of hydrogen-bond acceptors (Lipinski definition) is 9. The molecule has 13 heteroatoms. The molecule has 0 aliphatic heterocycles. The van der Waals surface area contributed by atoms with Crippen molar-refractivity contribution in [3.8, 4) is 5.88 Å². The maximum Gasteiger partial charge on any atom is 0.330 e. The van der Waals surface area contributed by atoms with Gasteiger partial charge in [0.1, 0.15) is 23.8 Å². The molecule has 5 N–H and O–H groups in total. The molecule has 0 aliphatic rings. The summed E-state index contributed by atoms with van der Waals surface area (Å²) in [6, 6.07) is 10.7. The van der Waals surface area contributed by atoms with E-state index in [1.54, 1.807) is 0 Å². The van der Waals surface area contributed by atoms with Crippen LogP contribution in [0.4, 0.5) is 8.78 Å². The number of carbonyl (C=O) groups is 2. The minimum Gasteiger partial charge on any atom is -0.493 e. The number of aryl methyl sites for hydroxylation is 1. The molecule has 0 bridgehead atoms. The molecular formula is C32H40F2N4O6S. The third-order valence-electron chi connectivity index (χ3n) is 7.04. The highest BCUT2D eigenvalue weighted by molar-refractivity contribution is 7.91. The van der Waals surface area contributed by atoms with Gasteiger partial charge in [-0.2, -0.15) is 0 Å². The van der Waals surface area contributed by atoms with E-state index in [2.05, 4.69) is 15.6 Å². The average Bonchev–Trinajstić information content (AvgIpc) is 2.99. The van der Waals surface area contributed by atoms with E-state index in [9.17, 15) is 31.9 Å². The van der Waals surface area contributed by atoms with Crippen LogP contribution in [0.25, 0.3) is 0 Å². The number of nitrogens with zero attached hydrogens (tertiary/aromatic N) is 1. The average molecular weight is 647 g/mol. The summed E-state index contributed by atoms with van der Waals surface area (Å²) in [6.07, 6.45) is 1.74. The first-order valence-electron chi connectivity index (χ1n) is 14.7. The van der Waals surface area contributed by atoms with Crippen molar-refractivity contribution < 1.29 is 36.6 Å². The Morgan fingerprint density at radius 1 is 1.02 bits per heavy atom. The van der Waals surface area contributed by atoms with Gasteiger partial charge in [-0.25, -0.2) is 27.0 Å². The van der Waals surface area contributed by atoms with Gasteiger partial charge >= 0.3 is 5.97 Å². The number of benzene rings is 2. The number of unbranched alkanes of at least 4 members (excludes halogenated alkanes) is 1. The predicted octanol–water partition coefficient (Wildman–Crippen LogP) is 3.21. The Labute approximate surface area is 262 Å². The third kappa shape index (κ3) is 11.8. The number of nitrogens with two attached hydrogens (primary N) is 1. The standard InChI is InChI=1S/C32H40F2N4O6S/c1-3-5-11-45(42,43)20-28(38-31(40)24-9-10-30(39)37-18-24)32(41)44-29(19-36-17-22-8-6-7-21(4-2)12-22)27(35)15-23-13-25(33)16-26(34)14-23/h6-10,12-14,16,18,27-29,36H,3-5,11,15,17,19-20,35H2,1-2H3,(H,37,39)(H,38,40)/t27-,28+,29+/m0/s1. The van der Waals surface area contributed by atoms with Crippen molar-refractivity contribution in [2.45, 2.75) is 64.3 Å². The largest absolute Gasteiger partial charge is 0.493 e. The van der Waals surface area contributed by atoms with Gasteiger partial charge < -0.3 is 26.2 Å². The summed E-state index contributed by atoms with van der Waals surface area (Å²) in [5.74, 6) is -4.68. The molecule has 1 aromatic heterocycles. The first-order chi connectivity index (χ1) is 21.4. The van der Waals surface area contributed by atoms with Crippen molar-refractivity contribution in [1.82, 2.24) is 15.6 Å². The van der Waals surface area contributed by atoms with Crippen LogP contribution >= 0.6 is 0 Å². The topological polar surface area (TPSA) is 161 Å². The van der Waals surface area contributed by atoms with Gasteiger partial charge in [0.2, 0.25) is 5.88 Å². The third-order valence-corrected chi connectivity index (χ3v) is 8.79. The molecule has 0 saturated heterocycles. The van der Waals surface area contributed by atoms with Gasteiger partial charge in [-0.1, -0.05) is 44.5 Å². The zero-order valence-corrected chi connectivity index (χ0v) is 26.2. The van der Waals surface area contributed by atoms with Crippen LogP contribution in [-0.2, 0) is 38.8 Å². The van der Waals surface area contributed by atoms with Crippen molar-refractivity contribution in [3.63, 3.8) is 0 Å². The van der Waals surface area contributed by atoms with Gasteiger partial charge in [-0.15, -0.1) is 0 Å². The lowest BCUT2D eigenvalue weighted by atomic mass is 10.0. The fourth-order valence-electron chi connectivity index (χ4n) is 4.59. The van der Waals surface area contributed by atoms with E-state index in [4.69, 9.17) is 10.5 Å². The van der Waals surface area contributed by atoms with Crippen molar-refractivity contribution in [2.24, 2.45) is 5.73 Å². The molecule has 45 heavy (non-hydrogen) atoms. The van der Waals surface area contributed by atoms with Crippen LogP contribution in [0.3, 0.4) is 0 Å². The molecule has 2 aromatic carbocycles. The first-order valence-corrected chi connectivity index (χ1v) is 16.6. The Morgan fingerprint density at radius 3 is 2.38 bits per heavy atom. The highest BCUT2D eigenvalue weighted by Gasteiger charge is 2.32. The maximum absolute atomic E-state index is 13.9. The molecule has 1 amide bonds. The van der Waals surface area contributed by atoms with Crippen LogP contribution in [0.2, 0.25) is 0 Å². The Hall–Kier alpha value is -3.94. The number of esters is 1. The van der Waals surface area contributed by atoms with Gasteiger partial charge in [-0.05, 0) is 54.2 Å². The fourth-order valence-corrected chi connectivity index (χ4v) is 6.22. The Bertz CT molecular complexity index is 1520. The smallest absolute Gasteiger partial charge is 0.330 e. The van der Waals surface area contributed by atoms with Crippen LogP contribution in [-0.4, -0.2) is 66.6 Å². The van der Waals surface area contributed by atoms with E-state index >= 15 is 0 Å². The highest BCUT2D eigenvalue weighted by atomic mass is 32.2. The number of nitrogens with one attached hydrogen (secondary N) is 2. The SMILES string of the molecule is CCCCS(=O)(=O)C[C@@H](NC(=O)c1ccc(O)nc1)C(=O)O[C@H](CNCc1cccc(CC)c1)[C@@H](N)Cc1cc(F)cc(F)c1. The molecule has 1 heterocycles. The number of carbonyl (C=O) groups excluding carboxylic acids is 2. The molecule has 0 saturated carbocycles. The number of aromatic hydroxyl groups is 1. The minimum absolute atomic E-state index is 0.0195. The van der Waals surface area contributed by atoms with Crippen molar-refractivity contribution in [3.05, 3.63) is 94.7 Å². The van der Waals surface area contributed by atoms with Crippen molar-refractivity contribution in [1.29, 1.82) is 0 Å². The molecule has 3 atom stereocenters. The van der Waals surface area contributed by atoms with Gasteiger partial charge in [0.05, 0.1) is 17.1 Å². The molecule has 244 valence electrons. The molecule has 3 rings (SSSR count). The molecule has 0 aliphatic carbocycles. The van der Waals surface area contributed by atoms with Gasteiger partial charge in [-0.3, -0.25) is 4.79 Å². The highest BCUT2D eigenvalue weighted by Crippen LogP contribution is 2.14. The van der Waals surface area contributed by atoms with Crippen LogP contribution in [0, 0.1) is 11.6 Å². The quantitative estimate of drug-likeness (QED) is 0.162. The van der Waals surface area contributed by atoms with E-state index in [1.807, 2.05) is 38.1 Å². The Kier molecular flexibility index (Phi) is 13.4. The number of halogens is 2. The van der Waals surface area contributed by atoms with Gasteiger partial charge in [0.25, 0.3) is 5.91 Å². The van der Waals surface area contributed by atoms with E-state index in [-0.39, 0.29) is 35.7 Å². The number of pyridine rings is 1. The summed E-state index contributed by atoms with van der Waals surface area (Å²) in [7, 11) is -3.80. The summed E-state index contributed by atoms with van der Waals surface area (Å²) < 4.78 is 59.2. The van der Waals surface area contributed by atoms with Crippen LogP contribution < -0.4 is 16.4 Å². The lowest BCUT2D eigenvalue weighted by Gasteiger charge is -2.27. The second-order valence-electron chi connectivity index (χ2n) is 10.8. The summed E-state index contributed by atoms with van der Waals surface area (Å²) in [6.45, 7) is 4.27. The number of aromatic nitrogens is 1. The number of rotatable bonds is 17. The predicted molar refractivity (Wildman–Crippen MR) is 166 cm³/mol. The minimum atomic E-state index is -3.80. The fraction of sp³-hybridized carbons (Fsp3) is 0.406. The van der Waals surface area contributed by atoms with Gasteiger partial charge in [0.15, 0.2) is 9.84 Å². The first kappa shape index (κ1) is 35.5. The molecular weight excluding hydrogens is 606 g/mol. The number of hydrogen-bond donors (Lipinski definition) is 4. The maximum atomic E-state index is 13.9. The van der Waals surface area contributed by atoms with E-state index in [0.717, 1.165) is 41.9 Å². The van der Waals surface area contributed by atoms with E-state index < -0.39 is 57.3 Å². The molecule has 0 unspecified atom stereocenters. The van der Waals surface area contributed by atoms with Crippen LogP contribution in [0.15, 0.2) is 60.8 Å². The second-order valence-corrected chi connectivity index (χ2v) is 13.1. The summed E-state index contributed by atoms with van der Waals surface area (Å²) in [5.41, 5.74) is 8.74.